The second kappa shape index (κ2) is 10.0. The second-order valence-corrected chi connectivity index (χ2v) is 10.6. The summed E-state index contributed by atoms with van der Waals surface area (Å²) in [6.45, 7) is 6.62. The minimum atomic E-state index is -1.01. The van der Waals surface area contributed by atoms with Gasteiger partial charge in [0.1, 0.15) is 5.03 Å². The molecule has 10 heteroatoms. The van der Waals surface area contributed by atoms with Crippen LogP contribution in [0.15, 0.2) is 11.2 Å². The van der Waals surface area contributed by atoms with Crippen molar-refractivity contribution in [2.45, 2.75) is 82.3 Å². The molecule has 2 aromatic heterocycles. The van der Waals surface area contributed by atoms with Crippen molar-refractivity contribution >= 4 is 34.4 Å². The van der Waals surface area contributed by atoms with Crippen molar-refractivity contribution in [3.05, 3.63) is 12.0 Å². The van der Waals surface area contributed by atoms with Crippen molar-refractivity contribution in [3.63, 3.8) is 0 Å². The van der Waals surface area contributed by atoms with Gasteiger partial charge in [-0.3, -0.25) is 9.59 Å². The molecule has 4 rings (SSSR count). The lowest BCUT2D eigenvalue weighted by Gasteiger charge is -2.38. The van der Waals surface area contributed by atoms with Gasteiger partial charge in [-0.15, -0.1) is 11.8 Å². The molecule has 2 fully saturated rings. The Hall–Kier alpha value is -1.88. The molecule has 1 saturated heterocycles. The third kappa shape index (κ3) is 4.91. The quantitative estimate of drug-likeness (QED) is 0.244. The Morgan fingerprint density at radius 3 is 2.68 bits per heavy atom. The van der Waals surface area contributed by atoms with Crippen LogP contribution in [0.5, 0.6) is 0 Å². The molecule has 9 nitrogen and oxygen atoms in total. The molecule has 1 N–H and O–H groups in total. The number of carbonyl (C=O) groups is 2. The third-order valence-corrected chi connectivity index (χ3v) is 7.28. The summed E-state index contributed by atoms with van der Waals surface area (Å²) in [5.74, 6) is -2.69. The molecule has 1 saturated carbocycles. The highest BCUT2D eigenvalue weighted by Crippen LogP contribution is 2.42. The molecule has 0 radical (unpaired) electrons. The highest BCUT2D eigenvalue weighted by molar-refractivity contribution is 7.98. The molecule has 2 aromatic rings. The van der Waals surface area contributed by atoms with E-state index >= 15 is 0 Å². The molecule has 1 aliphatic carbocycles. The number of hydrogen-bond acceptors (Lipinski definition) is 9. The van der Waals surface area contributed by atoms with E-state index in [0.717, 1.165) is 19.3 Å². The standard InChI is InChI=1S/C24H34N4O5S/c1-5-6-10-24(32-11-12-33-24)17-9-7-8-15(18(17)29)19(30)20-26-21-16(22(27-20)34-4)13-25-28(21)14-23(2,3)31/h13,15,17,31H,5-12,14H2,1-4H3. The summed E-state index contributed by atoms with van der Waals surface area (Å²) in [7, 11) is 0. The zero-order valence-electron chi connectivity index (χ0n) is 20.4. The Morgan fingerprint density at radius 2 is 2.03 bits per heavy atom. The fraction of sp³-hybridized carbons (Fsp3) is 0.708. The highest BCUT2D eigenvalue weighted by Gasteiger charge is 2.51. The van der Waals surface area contributed by atoms with E-state index in [4.69, 9.17) is 9.47 Å². The summed E-state index contributed by atoms with van der Waals surface area (Å²) in [5, 5.41) is 16.0. The van der Waals surface area contributed by atoms with Gasteiger partial charge in [0, 0.05) is 6.42 Å². The maximum absolute atomic E-state index is 13.6. The molecule has 0 aromatic carbocycles. The number of fused-ring (bicyclic) bond motifs is 1. The van der Waals surface area contributed by atoms with Crippen molar-refractivity contribution in [1.29, 1.82) is 0 Å². The smallest absolute Gasteiger partial charge is 0.210 e. The van der Waals surface area contributed by atoms with Crippen molar-refractivity contribution in [1.82, 2.24) is 19.7 Å². The Balaban J connectivity index is 1.66. The lowest BCUT2D eigenvalue weighted by Crippen LogP contribution is -2.49. The predicted octanol–water partition coefficient (Wildman–Crippen LogP) is 3.42. The first-order chi connectivity index (χ1) is 16.2. The molecule has 186 valence electrons. The summed E-state index contributed by atoms with van der Waals surface area (Å²) in [5.41, 5.74) is -0.527. The molecule has 2 atom stereocenters. The van der Waals surface area contributed by atoms with Crippen LogP contribution >= 0.6 is 11.8 Å². The van der Waals surface area contributed by atoms with Crippen LogP contribution in [0.25, 0.3) is 11.0 Å². The van der Waals surface area contributed by atoms with Crippen LogP contribution in [-0.4, -0.2) is 67.3 Å². The molecule has 2 unspecified atom stereocenters. The van der Waals surface area contributed by atoms with Gasteiger partial charge in [-0.05, 0) is 39.4 Å². The van der Waals surface area contributed by atoms with E-state index in [1.807, 2.05) is 6.26 Å². The Bertz CT molecular complexity index is 1060. The molecule has 1 aliphatic heterocycles. The lowest BCUT2D eigenvalue weighted by atomic mass is 9.73. The number of rotatable bonds is 9. The minimum Gasteiger partial charge on any atom is -0.389 e. The normalized spacial score (nSPS) is 23.0. The zero-order chi connectivity index (χ0) is 24.5. The highest BCUT2D eigenvalue weighted by atomic mass is 32.2. The zero-order valence-corrected chi connectivity index (χ0v) is 21.2. The Kier molecular flexibility index (Phi) is 7.42. The van der Waals surface area contributed by atoms with E-state index in [1.165, 1.54) is 11.8 Å². The molecule has 0 spiro atoms. The van der Waals surface area contributed by atoms with Gasteiger partial charge < -0.3 is 14.6 Å². The Morgan fingerprint density at radius 1 is 1.29 bits per heavy atom. The first-order valence-electron chi connectivity index (χ1n) is 12.0. The number of unbranched alkanes of at least 4 members (excludes halogenated alkanes) is 1. The van der Waals surface area contributed by atoms with Gasteiger partial charge in [0.05, 0.1) is 48.8 Å². The van der Waals surface area contributed by atoms with Gasteiger partial charge in [0.2, 0.25) is 5.78 Å². The number of aliphatic hydroxyl groups is 1. The first-order valence-corrected chi connectivity index (χ1v) is 13.3. The fourth-order valence-electron chi connectivity index (χ4n) is 5.00. The molecule has 0 amide bonds. The SMILES string of the molecule is CCCCC1(C2CCCC(C(=O)c3nc(SC)c4cnn(CC(C)(C)O)c4n3)C2=O)OCCO1. The second-order valence-electron chi connectivity index (χ2n) is 9.82. The van der Waals surface area contributed by atoms with Gasteiger partial charge in [0.25, 0.3) is 0 Å². The summed E-state index contributed by atoms with van der Waals surface area (Å²) >= 11 is 1.39. The van der Waals surface area contributed by atoms with Crippen LogP contribution in [0.3, 0.4) is 0 Å². The maximum Gasteiger partial charge on any atom is 0.210 e. The Labute approximate surface area is 204 Å². The largest absolute Gasteiger partial charge is 0.389 e. The van der Waals surface area contributed by atoms with Gasteiger partial charge >= 0.3 is 0 Å². The number of hydrogen-bond donors (Lipinski definition) is 1. The fourth-order valence-corrected chi connectivity index (χ4v) is 5.54. The molecular formula is C24H34N4O5S. The number of ether oxygens (including phenoxy) is 2. The third-order valence-electron chi connectivity index (χ3n) is 6.59. The van der Waals surface area contributed by atoms with Gasteiger partial charge in [0.15, 0.2) is 23.0 Å². The number of ketones is 2. The number of aromatic nitrogens is 4. The van der Waals surface area contributed by atoms with Crippen molar-refractivity contribution in [2.24, 2.45) is 11.8 Å². The predicted molar refractivity (Wildman–Crippen MR) is 128 cm³/mol. The van der Waals surface area contributed by atoms with E-state index in [-0.39, 0.29) is 23.9 Å². The van der Waals surface area contributed by atoms with Crippen LogP contribution in [0.4, 0.5) is 0 Å². The lowest BCUT2D eigenvalue weighted by molar-refractivity contribution is -0.206. The number of thioether (sulfide) groups is 1. The summed E-state index contributed by atoms with van der Waals surface area (Å²) in [6, 6.07) is 0. The number of Topliss-reactive ketones (excluding diaryl/α,β-unsaturated/α-hetero) is 2. The van der Waals surface area contributed by atoms with Crippen molar-refractivity contribution < 1.29 is 24.2 Å². The average molecular weight is 491 g/mol. The monoisotopic (exact) mass is 490 g/mol. The number of carbonyl (C=O) groups excluding carboxylic acids is 2. The van der Waals surface area contributed by atoms with E-state index in [0.29, 0.717) is 48.5 Å². The number of nitrogens with zero attached hydrogens (tertiary/aromatic N) is 4. The van der Waals surface area contributed by atoms with E-state index < -0.39 is 23.2 Å². The summed E-state index contributed by atoms with van der Waals surface area (Å²) in [4.78, 5) is 36.3. The van der Waals surface area contributed by atoms with Crippen LogP contribution < -0.4 is 0 Å². The van der Waals surface area contributed by atoms with Crippen molar-refractivity contribution in [2.75, 3.05) is 19.5 Å². The molecule has 2 aliphatic rings. The topological polar surface area (TPSA) is 116 Å². The van der Waals surface area contributed by atoms with E-state index in [2.05, 4.69) is 22.0 Å². The average Bonchev–Trinajstić information content (AvgIpc) is 3.44. The van der Waals surface area contributed by atoms with Crippen LogP contribution in [0.2, 0.25) is 0 Å². The summed E-state index contributed by atoms with van der Waals surface area (Å²) in [6.07, 6.45) is 7.90. The van der Waals surface area contributed by atoms with Gasteiger partial charge in [-0.1, -0.05) is 19.8 Å². The minimum absolute atomic E-state index is 0.0178. The maximum atomic E-state index is 13.6. The van der Waals surface area contributed by atoms with E-state index in [9.17, 15) is 14.7 Å². The van der Waals surface area contributed by atoms with Crippen LogP contribution in [0, 0.1) is 11.8 Å². The van der Waals surface area contributed by atoms with Crippen LogP contribution in [-0.2, 0) is 20.8 Å². The molecule has 3 heterocycles. The molecule has 0 bridgehead atoms. The molecule has 34 heavy (non-hydrogen) atoms. The first kappa shape index (κ1) is 25.2. The molecular weight excluding hydrogens is 456 g/mol. The van der Waals surface area contributed by atoms with Gasteiger partial charge in [-0.2, -0.15) is 5.10 Å². The van der Waals surface area contributed by atoms with Crippen molar-refractivity contribution in [3.8, 4) is 0 Å². The summed E-state index contributed by atoms with van der Waals surface area (Å²) < 4.78 is 13.6. The van der Waals surface area contributed by atoms with Crippen LogP contribution in [0.1, 0.15) is 69.9 Å². The van der Waals surface area contributed by atoms with Gasteiger partial charge in [-0.25, -0.2) is 14.6 Å². The van der Waals surface area contributed by atoms with E-state index in [1.54, 1.807) is 24.7 Å².